The van der Waals surface area contributed by atoms with Gasteiger partial charge in [0.05, 0.1) is 18.6 Å². The minimum absolute atomic E-state index is 0.0320. The molecular weight excluding hydrogens is 518 g/mol. The van der Waals surface area contributed by atoms with Gasteiger partial charge in [0, 0.05) is 13.0 Å². The Morgan fingerprint density at radius 3 is 2.03 bits per heavy atom. The van der Waals surface area contributed by atoms with Crippen LogP contribution in [0.5, 0.6) is 5.75 Å². The van der Waals surface area contributed by atoms with Crippen molar-refractivity contribution in [3.05, 3.63) is 29.8 Å². The third-order valence-electron chi connectivity index (χ3n) is 5.36. The molecule has 3 amide bonds. The van der Waals surface area contributed by atoms with Crippen LogP contribution in [0.3, 0.4) is 0 Å². The summed E-state index contributed by atoms with van der Waals surface area (Å²) in [7, 11) is 0. The number of aliphatic imine (C=N–C) groups is 1. The number of aliphatic hydroxyl groups excluding tert-OH is 1. The van der Waals surface area contributed by atoms with Crippen molar-refractivity contribution >= 4 is 35.6 Å². The Labute approximate surface area is 223 Å². The fourth-order valence-electron chi connectivity index (χ4n) is 3.32. The van der Waals surface area contributed by atoms with Gasteiger partial charge < -0.3 is 53.6 Å². The van der Waals surface area contributed by atoms with Crippen LogP contribution in [0.2, 0.25) is 0 Å². The molecule has 0 aliphatic rings. The standard InChI is InChI=1S/C23H35N7O9/c1-11(31)18(21(37)29-16(22(38)39)9-12-4-6-13(32)7-5-12)30-20(36)15(3-2-8-27-23(25)26)28-19(35)14(24)10-17(33)34/h4-7,11,14-16,18,31-32H,2-3,8-10,24H2,1H3,(H,28,35)(H,29,37)(H,30,36)(H,33,34)(H,38,39)(H4,25,26,27). The first-order valence-electron chi connectivity index (χ1n) is 11.8. The van der Waals surface area contributed by atoms with Crippen molar-refractivity contribution in [3.63, 3.8) is 0 Å². The van der Waals surface area contributed by atoms with Crippen LogP contribution in [0.1, 0.15) is 31.7 Å². The number of aliphatic hydroxyl groups is 1. The zero-order chi connectivity index (χ0) is 29.7. The molecule has 16 nitrogen and oxygen atoms in total. The van der Waals surface area contributed by atoms with E-state index in [1.807, 2.05) is 0 Å². The van der Waals surface area contributed by atoms with Gasteiger partial charge in [-0.15, -0.1) is 0 Å². The number of rotatable bonds is 16. The molecule has 5 unspecified atom stereocenters. The number of carbonyl (C=O) groups is 5. The molecule has 0 saturated heterocycles. The highest BCUT2D eigenvalue weighted by Gasteiger charge is 2.33. The van der Waals surface area contributed by atoms with Gasteiger partial charge in [-0.25, -0.2) is 4.79 Å². The van der Waals surface area contributed by atoms with Gasteiger partial charge >= 0.3 is 11.9 Å². The summed E-state index contributed by atoms with van der Waals surface area (Å²) in [6, 6.07) is -0.229. The highest BCUT2D eigenvalue weighted by molar-refractivity contribution is 5.95. The molecule has 216 valence electrons. The lowest BCUT2D eigenvalue weighted by Crippen LogP contribution is -2.60. The van der Waals surface area contributed by atoms with Gasteiger partial charge in [-0.3, -0.25) is 24.2 Å². The van der Waals surface area contributed by atoms with Crippen LogP contribution in [-0.4, -0.2) is 92.9 Å². The molecule has 0 bridgehead atoms. The number of nitrogens with one attached hydrogen (secondary N) is 3. The predicted molar refractivity (Wildman–Crippen MR) is 137 cm³/mol. The van der Waals surface area contributed by atoms with Gasteiger partial charge in [-0.1, -0.05) is 12.1 Å². The number of carboxylic acid groups (broad SMARTS) is 2. The molecule has 1 aromatic rings. The number of carboxylic acids is 2. The number of guanidine groups is 1. The van der Waals surface area contributed by atoms with Gasteiger partial charge in [0.1, 0.15) is 23.9 Å². The first kappa shape index (κ1) is 32.6. The number of carbonyl (C=O) groups excluding carboxylic acids is 3. The van der Waals surface area contributed by atoms with Crippen molar-refractivity contribution in [2.75, 3.05) is 6.54 Å². The van der Waals surface area contributed by atoms with Crippen molar-refractivity contribution in [1.82, 2.24) is 16.0 Å². The topological polar surface area (TPSA) is 293 Å². The number of phenolic OH excluding ortho intramolecular Hbond substituents is 1. The first-order valence-corrected chi connectivity index (χ1v) is 11.8. The summed E-state index contributed by atoms with van der Waals surface area (Å²) in [5, 5.41) is 44.8. The van der Waals surface area contributed by atoms with Crippen molar-refractivity contribution in [2.45, 2.75) is 62.9 Å². The monoisotopic (exact) mass is 553 g/mol. The van der Waals surface area contributed by atoms with E-state index in [0.717, 1.165) is 0 Å². The average Bonchev–Trinajstić information content (AvgIpc) is 2.83. The highest BCUT2D eigenvalue weighted by Crippen LogP contribution is 2.12. The number of amides is 3. The maximum atomic E-state index is 13.0. The number of hydrogen-bond acceptors (Lipinski definition) is 9. The van der Waals surface area contributed by atoms with Crippen LogP contribution in [0.25, 0.3) is 0 Å². The molecule has 0 spiro atoms. The predicted octanol–water partition coefficient (Wildman–Crippen LogP) is -3.29. The SMILES string of the molecule is CC(O)C(NC(=O)C(CCCN=C(N)N)NC(=O)C(N)CC(=O)O)C(=O)NC(Cc1ccc(O)cc1)C(=O)O. The zero-order valence-corrected chi connectivity index (χ0v) is 21.2. The molecule has 39 heavy (non-hydrogen) atoms. The van der Waals surface area contributed by atoms with Crippen LogP contribution >= 0.6 is 0 Å². The molecule has 0 radical (unpaired) electrons. The van der Waals surface area contributed by atoms with Crippen LogP contribution in [0.4, 0.5) is 0 Å². The van der Waals surface area contributed by atoms with Gasteiger partial charge in [-0.2, -0.15) is 0 Å². The maximum absolute atomic E-state index is 13.0. The second-order valence-electron chi connectivity index (χ2n) is 8.71. The molecule has 13 N–H and O–H groups in total. The fourth-order valence-corrected chi connectivity index (χ4v) is 3.32. The van der Waals surface area contributed by atoms with E-state index in [4.69, 9.17) is 22.3 Å². The maximum Gasteiger partial charge on any atom is 0.326 e. The van der Waals surface area contributed by atoms with Gasteiger partial charge in [-0.05, 0) is 37.5 Å². The molecule has 16 heteroatoms. The summed E-state index contributed by atoms with van der Waals surface area (Å²) in [5.74, 6) is -5.84. The van der Waals surface area contributed by atoms with Crippen LogP contribution in [0, 0.1) is 0 Å². The highest BCUT2D eigenvalue weighted by atomic mass is 16.4. The number of phenols is 1. The lowest BCUT2D eigenvalue weighted by molar-refractivity contribution is -0.143. The number of aromatic hydroxyl groups is 1. The summed E-state index contributed by atoms with van der Waals surface area (Å²) in [4.78, 5) is 64.6. The zero-order valence-electron chi connectivity index (χ0n) is 21.2. The number of aliphatic carboxylic acids is 2. The lowest BCUT2D eigenvalue weighted by Gasteiger charge is -2.26. The van der Waals surface area contributed by atoms with Gasteiger partial charge in [0.25, 0.3) is 0 Å². The molecular formula is C23H35N7O9. The second-order valence-corrected chi connectivity index (χ2v) is 8.71. The fraction of sp³-hybridized carbons (Fsp3) is 0.478. The molecule has 0 fully saturated rings. The number of nitrogens with zero attached hydrogens (tertiary/aromatic N) is 1. The van der Waals surface area contributed by atoms with E-state index >= 15 is 0 Å². The van der Waals surface area contributed by atoms with Crippen molar-refractivity contribution in [2.24, 2.45) is 22.2 Å². The quantitative estimate of drug-likeness (QED) is 0.0547. The first-order chi connectivity index (χ1) is 18.2. The summed E-state index contributed by atoms with van der Waals surface area (Å²) in [6.07, 6.45) is -2.22. The Balaban J connectivity index is 3.02. The van der Waals surface area contributed by atoms with E-state index in [0.29, 0.717) is 5.56 Å². The normalized spacial score (nSPS) is 14.5. The third-order valence-corrected chi connectivity index (χ3v) is 5.36. The average molecular weight is 554 g/mol. The number of nitrogens with two attached hydrogens (primary N) is 3. The molecule has 0 heterocycles. The van der Waals surface area contributed by atoms with Crippen molar-refractivity contribution in [3.8, 4) is 5.75 Å². The smallest absolute Gasteiger partial charge is 0.326 e. The largest absolute Gasteiger partial charge is 0.508 e. The summed E-state index contributed by atoms with van der Waals surface area (Å²) < 4.78 is 0. The van der Waals surface area contributed by atoms with E-state index in [1.54, 1.807) is 0 Å². The van der Waals surface area contributed by atoms with Crippen LogP contribution < -0.4 is 33.2 Å². The van der Waals surface area contributed by atoms with E-state index in [2.05, 4.69) is 20.9 Å². The van der Waals surface area contributed by atoms with Crippen LogP contribution in [0.15, 0.2) is 29.3 Å². The number of hydrogen-bond donors (Lipinski definition) is 10. The van der Waals surface area contributed by atoms with Gasteiger partial charge in [0.2, 0.25) is 17.7 Å². The van der Waals surface area contributed by atoms with Crippen molar-refractivity contribution < 1.29 is 44.4 Å². The Bertz CT molecular complexity index is 1040. The molecule has 1 rings (SSSR count). The molecule has 0 aliphatic carbocycles. The van der Waals surface area contributed by atoms with Crippen molar-refractivity contribution in [1.29, 1.82) is 0 Å². The minimum atomic E-state index is -1.62. The number of benzene rings is 1. The molecule has 1 aromatic carbocycles. The Hall–Kier alpha value is -4.44. The molecule has 0 aliphatic heterocycles. The van der Waals surface area contributed by atoms with E-state index in [9.17, 15) is 39.3 Å². The Kier molecular flexibility index (Phi) is 13.1. The summed E-state index contributed by atoms with van der Waals surface area (Å²) in [5.41, 5.74) is 16.6. The second kappa shape index (κ2) is 15.7. The van der Waals surface area contributed by atoms with Gasteiger partial charge in [0.15, 0.2) is 5.96 Å². The molecule has 5 atom stereocenters. The van der Waals surface area contributed by atoms with Crippen LogP contribution in [-0.2, 0) is 30.4 Å². The minimum Gasteiger partial charge on any atom is -0.508 e. The Morgan fingerprint density at radius 1 is 0.923 bits per heavy atom. The molecule has 0 saturated carbocycles. The summed E-state index contributed by atoms with van der Waals surface area (Å²) in [6.45, 7) is 1.27. The lowest BCUT2D eigenvalue weighted by atomic mass is 10.0. The summed E-state index contributed by atoms with van der Waals surface area (Å²) >= 11 is 0. The van der Waals surface area contributed by atoms with E-state index < -0.39 is 66.4 Å². The molecule has 0 aromatic heterocycles. The van der Waals surface area contributed by atoms with E-state index in [-0.39, 0.29) is 37.5 Å². The Morgan fingerprint density at radius 2 is 1.51 bits per heavy atom. The third kappa shape index (κ3) is 12.1. The van der Waals surface area contributed by atoms with E-state index in [1.165, 1.54) is 31.2 Å².